The van der Waals surface area contributed by atoms with Gasteiger partial charge in [0.05, 0.1) is 37.0 Å². The van der Waals surface area contributed by atoms with Crippen LogP contribution in [-0.4, -0.2) is 30.5 Å². The number of anilines is 1. The number of amides is 1. The molecule has 1 aliphatic rings. The first-order chi connectivity index (χ1) is 18.7. The number of Topliss-reactive ketones (excluding diaryl/α,β-unsaturated/α-hetero) is 1. The molecule has 1 unspecified atom stereocenters. The number of hydrogen-bond acceptors (Lipinski definition) is 6. The molecule has 7 nitrogen and oxygen atoms in total. The van der Waals surface area contributed by atoms with E-state index < -0.39 is 17.7 Å². The highest BCUT2D eigenvalue weighted by molar-refractivity contribution is 6.51. The number of aliphatic hydroxyl groups is 1. The molecule has 1 fully saturated rings. The molecular weight excluding hydrogens is 492 g/mol. The van der Waals surface area contributed by atoms with Crippen LogP contribution in [0.3, 0.4) is 0 Å². The molecule has 0 saturated carbocycles. The van der Waals surface area contributed by atoms with Gasteiger partial charge in [0.25, 0.3) is 11.7 Å². The number of carbonyl (C=O) groups excluding carboxylic acids is 2. The SMILES string of the molecule is CCCOc1ccc(C2/C(=C(\O)c3cc(C(C)C)c(OC)cc3C)C(=O)C(=O)N2c2ccc(C#N)cc2)cc1. The lowest BCUT2D eigenvalue weighted by atomic mass is 9.91. The van der Waals surface area contributed by atoms with Crippen molar-refractivity contribution in [3.63, 3.8) is 0 Å². The molecule has 1 heterocycles. The van der Waals surface area contributed by atoms with Crippen molar-refractivity contribution >= 4 is 23.1 Å². The van der Waals surface area contributed by atoms with E-state index in [1.54, 1.807) is 55.6 Å². The molecule has 200 valence electrons. The number of nitrogens with zero attached hydrogens (tertiary/aromatic N) is 2. The Balaban J connectivity index is 1.93. The predicted octanol–water partition coefficient (Wildman–Crippen LogP) is 6.41. The molecule has 0 aliphatic carbocycles. The first kappa shape index (κ1) is 27.5. The summed E-state index contributed by atoms with van der Waals surface area (Å²) in [4.78, 5) is 28.4. The minimum Gasteiger partial charge on any atom is -0.507 e. The highest BCUT2D eigenvalue weighted by atomic mass is 16.5. The molecule has 3 aromatic rings. The molecule has 3 aromatic carbocycles. The van der Waals surface area contributed by atoms with Crippen LogP contribution in [0, 0.1) is 18.3 Å². The van der Waals surface area contributed by atoms with Crippen molar-refractivity contribution in [2.24, 2.45) is 0 Å². The number of ketones is 1. The summed E-state index contributed by atoms with van der Waals surface area (Å²) in [6.45, 7) is 8.45. The smallest absolute Gasteiger partial charge is 0.300 e. The Bertz CT molecular complexity index is 1460. The standard InChI is InChI=1S/C32H32N2O5/c1-6-15-39-24-13-9-22(10-14-24)29-28(30(35)26-17-25(19(2)3)27(38-5)16-20(26)4)31(36)32(37)34(29)23-11-7-21(18-33)8-12-23/h7-14,16-17,19,29,35H,6,15H2,1-5H3/b30-28+. The minimum absolute atomic E-state index is 0.00504. The van der Waals surface area contributed by atoms with E-state index in [4.69, 9.17) is 9.47 Å². The van der Waals surface area contributed by atoms with Crippen LogP contribution in [0.1, 0.15) is 67.0 Å². The van der Waals surface area contributed by atoms with Crippen molar-refractivity contribution in [2.45, 2.75) is 46.1 Å². The van der Waals surface area contributed by atoms with Gasteiger partial charge in [-0.2, -0.15) is 5.26 Å². The highest BCUT2D eigenvalue weighted by Gasteiger charge is 2.47. The van der Waals surface area contributed by atoms with E-state index in [1.165, 1.54) is 4.90 Å². The van der Waals surface area contributed by atoms with Crippen LogP contribution >= 0.6 is 0 Å². The molecule has 39 heavy (non-hydrogen) atoms. The van der Waals surface area contributed by atoms with E-state index in [9.17, 15) is 20.0 Å². The predicted molar refractivity (Wildman–Crippen MR) is 150 cm³/mol. The van der Waals surface area contributed by atoms with E-state index in [2.05, 4.69) is 6.07 Å². The third kappa shape index (κ3) is 5.23. The van der Waals surface area contributed by atoms with Crippen LogP contribution < -0.4 is 14.4 Å². The van der Waals surface area contributed by atoms with Gasteiger partial charge in [-0.3, -0.25) is 14.5 Å². The molecule has 0 spiro atoms. The number of carbonyl (C=O) groups is 2. The van der Waals surface area contributed by atoms with Gasteiger partial charge in [-0.1, -0.05) is 32.9 Å². The van der Waals surface area contributed by atoms with Crippen molar-refractivity contribution in [1.82, 2.24) is 0 Å². The number of methoxy groups -OCH3 is 1. The van der Waals surface area contributed by atoms with Gasteiger partial charge in [-0.05, 0) is 84.5 Å². The number of aliphatic hydroxyl groups excluding tert-OH is 1. The van der Waals surface area contributed by atoms with Crippen LogP contribution in [0.2, 0.25) is 0 Å². The van der Waals surface area contributed by atoms with Crippen molar-refractivity contribution in [2.75, 3.05) is 18.6 Å². The average molecular weight is 525 g/mol. The molecular formula is C32H32N2O5. The van der Waals surface area contributed by atoms with Gasteiger partial charge >= 0.3 is 0 Å². The third-order valence-electron chi connectivity index (χ3n) is 6.84. The van der Waals surface area contributed by atoms with Crippen LogP contribution in [0.25, 0.3) is 5.76 Å². The molecule has 1 amide bonds. The normalized spacial score (nSPS) is 16.4. The zero-order chi connectivity index (χ0) is 28.3. The summed E-state index contributed by atoms with van der Waals surface area (Å²) in [5.41, 5.74) is 3.56. The van der Waals surface area contributed by atoms with Gasteiger partial charge in [-0.15, -0.1) is 0 Å². The van der Waals surface area contributed by atoms with E-state index in [0.717, 1.165) is 12.0 Å². The molecule has 0 radical (unpaired) electrons. The Kier molecular flexibility index (Phi) is 8.06. The summed E-state index contributed by atoms with van der Waals surface area (Å²) >= 11 is 0. The van der Waals surface area contributed by atoms with Gasteiger partial charge in [0.1, 0.15) is 17.3 Å². The Morgan fingerprint density at radius 1 is 1.08 bits per heavy atom. The Labute approximate surface area is 228 Å². The fourth-order valence-electron chi connectivity index (χ4n) is 4.80. The number of ether oxygens (including phenoxy) is 2. The molecule has 4 rings (SSSR count). The fraction of sp³-hybridized carbons (Fsp3) is 0.281. The summed E-state index contributed by atoms with van der Waals surface area (Å²) in [6.07, 6.45) is 0.861. The largest absolute Gasteiger partial charge is 0.507 e. The van der Waals surface area contributed by atoms with E-state index in [-0.39, 0.29) is 17.3 Å². The number of benzene rings is 3. The second kappa shape index (κ2) is 11.4. The third-order valence-corrected chi connectivity index (χ3v) is 6.84. The maximum atomic E-state index is 13.6. The lowest BCUT2D eigenvalue weighted by Crippen LogP contribution is -2.29. The average Bonchev–Trinajstić information content (AvgIpc) is 3.21. The zero-order valence-electron chi connectivity index (χ0n) is 22.8. The number of aryl methyl sites for hydroxylation is 1. The Morgan fingerprint density at radius 3 is 2.31 bits per heavy atom. The summed E-state index contributed by atoms with van der Waals surface area (Å²) < 4.78 is 11.3. The van der Waals surface area contributed by atoms with Crippen molar-refractivity contribution in [3.05, 3.63) is 94.1 Å². The summed E-state index contributed by atoms with van der Waals surface area (Å²) in [5.74, 6) is -0.329. The molecule has 0 bridgehead atoms. The summed E-state index contributed by atoms with van der Waals surface area (Å²) in [6, 6.07) is 18.5. The number of hydrogen-bond donors (Lipinski definition) is 1. The lowest BCUT2D eigenvalue weighted by molar-refractivity contribution is -0.132. The van der Waals surface area contributed by atoms with Crippen molar-refractivity contribution in [1.29, 1.82) is 5.26 Å². The molecule has 1 N–H and O–H groups in total. The second-order valence-electron chi connectivity index (χ2n) is 9.81. The van der Waals surface area contributed by atoms with Gasteiger partial charge in [-0.25, -0.2) is 0 Å². The highest BCUT2D eigenvalue weighted by Crippen LogP contribution is 2.43. The molecule has 7 heteroatoms. The monoisotopic (exact) mass is 524 g/mol. The van der Waals surface area contributed by atoms with Crippen molar-refractivity contribution in [3.8, 4) is 17.6 Å². The Morgan fingerprint density at radius 2 is 1.74 bits per heavy atom. The van der Waals surface area contributed by atoms with Gasteiger partial charge in [0, 0.05) is 11.3 Å². The second-order valence-corrected chi connectivity index (χ2v) is 9.81. The maximum Gasteiger partial charge on any atom is 0.300 e. The minimum atomic E-state index is -0.887. The summed E-state index contributed by atoms with van der Waals surface area (Å²) in [7, 11) is 1.59. The first-order valence-electron chi connectivity index (χ1n) is 12.9. The van der Waals surface area contributed by atoms with Crippen LogP contribution in [-0.2, 0) is 9.59 Å². The molecule has 1 atom stereocenters. The van der Waals surface area contributed by atoms with Gasteiger partial charge in [0.2, 0.25) is 0 Å². The molecule has 1 saturated heterocycles. The van der Waals surface area contributed by atoms with Crippen LogP contribution in [0.4, 0.5) is 5.69 Å². The van der Waals surface area contributed by atoms with Crippen LogP contribution in [0.15, 0.2) is 66.2 Å². The maximum absolute atomic E-state index is 13.6. The molecule has 0 aromatic heterocycles. The quantitative estimate of drug-likeness (QED) is 0.208. The number of rotatable bonds is 8. The van der Waals surface area contributed by atoms with E-state index >= 15 is 0 Å². The van der Waals surface area contributed by atoms with Gasteiger partial charge in [0.15, 0.2) is 0 Å². The Hall–Kier alpha value is -4.57. The van der Waals surface area contributed by atoms with Crippen molar-refractivity contribution < 1.29 is 24.2 Å². The van der Waals surface area contributed by atoms with Crippen LogP contribution in [0.5, 0.6) is 11.5 Å². The first-order valence-corrected chi connectivity index (χ1v) is 12.9. The number of nitriles is 1. The topological polar surface area (TPSA) is 99.9 Å². The lowest BCUT2D eigenvalue weighted by Gasteiger charge is -2.26. The summed E-state index contributed by atoms with van der Waals surface area (Å²) in [5, 5.41) is 20.9. The van der Waals surface area contributed by atoms with E-state index in [0.29, 0.717) is 46.0 Å². The van der Waals surface area contributed by atoms with Gasteiger partial charge < -0.3 is 14.6 Å². The molecule has 1 aliphatic heterocycles. The zero-order valence-corrected chi connectivity index (χ0v) is 22.8. The fourth-order valence-corrected chi connectivity index (χ4v) is 4.80. The van der Waals surface area contributed by atoms with E-state index in [1.807, 2.05) is 39.8 Å².